The van der Waals surface area contributed by atoms with E-state index >= 15 is 0 Å². The number of alkyl halides is 1. The number of carbonyl (C=O) groups is 1. The number of carboxylic acid groups (broad SMARTS) is 1. The van der Waals surface area contributed by atoms with Crippen LogP contribution in [0.3, 0.4) is 0 Å². The smallest absolute Gasteiger partial charge is 0.407 e. The Labute approximate surface area is 170 Å². The van der Waals surface area contributed by atoms with Gasteiger partial charge in [-0.25, -0.2) is 19.2 Å². The van der Waals surface area contributed by atoms with E-state index in [0.29, 0.717) is 35.3 Å². The molecule has 5 atom stereocenters. The molecule has 2 fully saturated rings. The molecule has 8 nitrogen and oxygen atoms in total. The summed E-state index contributed by atoms with van der Waals surface area (Å²) in [5.74, 6) is 0.0838. The van der Waals surface area contributed by atoms with Crippen molar-refractivity contribution in [2.75, 3.05) is 4.90 Å². The van der Waals surface area contributed by atoms with Crippen LogP contribution in [0.4, 0.5) is 15.0 Å². The minimum atomic E-state index is -1.01. The number of fused-ring (bicyclic) bond motifs is 5. The van der Waals surface area contributed by atoms with Crippen LogP contribution >= 0.6 is 11.6 Å². The number of rotatable bonds is 1. The Morgan fingerprint density at radius 3 is 2.79 bits per heavy atom. The summed E-state index contributed by atoms with van der Waals surface area (Å²) in [4.78, 5) is 24.0. The number of halogens is 2. The number of aliphatic hydroxyl groups is 1. The number of hydrogen-bond acceptors (Lipinski definition) is 6. The Hall–Kier alpha value is -2.39. The maximum Gasteiger partial charge on any atom is 0.407 e. The predicted molar refractivity (Wildman–Crippen MR) is 103 cm³/mol. The Morgan fingerprint density at radius 2 is 2.10 bits per heavy atom. The number of hydrogen-bond donors (Lipinski definition) is 2. The molecule has 2 bridgehead atoms. The second-order valence-corrected chi connectivity index (χ2v) is 8.27. The second kappa shape index (κ2) is 6.30. The van der Waals surface area contributed by atoms with E-state index in [1.807, 2.05) is 11.8 Å². The molecule has 0 aromatic carbocycles. The van der Waals surface area contributed by atoms with Crippen molar-refractivity contribution in [3.63, 3.8) is 0 Å². The van der Waals surface area contributed by atoms with E-state index in [2.05, 4.69) is 9.97 Å². The molecule has 0 spiro atoms. The number of aryl methyl sites for hydroxylation is 1. The number of aromatic nitrogens is 2. The van der Waals surface area contributed by atoms with Crippen LogP contribution in [-0.2, 0) is 6.61 Å². The van der Waals surface area contributed by atoms with Gasteiger partial charge in [-0.15, -0.1) is 0 Å². The number of piperazine rings is 1. The molecule has 3 aliphatic heterocycles. The van der Waals surface area contributed by atoms with Crippen LogP contribution in [0.1, 0.15) is 31.0 Å². The summed E-state index contributed by atoms with van der Waals surface area (Å²) >= 11 is 6.83. The SMILES string of the molecule is Cc1c(CO)nc2c3c(ncc(F)c13)OC(C)C1C3CCC(C(Cl)N21)N3C(=O)O. The highest BCUT2D eigenvalue weighted by Gasteiger charge is 2.57. The van der Waals surface area contributed by atoms with Crippen LogP contribution in [0, 0.1) is 12.7 Å². The third kappa shape index (κ3) is 2.37. The summed E-state index contributed by atoms with van der Waals surface area (Å²) in [7, 11) is 0. The third-order valence-corrected chi connectivity index (χ3v) is 6.94. The van der Waals surface area contributed by atoms with Gasteiger partial charge in [0.25, 0.3) is 0 Å². The van der Waals surface area contributed by atoms with Gasteiger partial charge < -0.3 is 19.8 Å². The molecule has 29 heavy (non-hydrogen) atoms. The fourth-order valence-electron chi connectivity index (χ4n) is 5.22. The molecule has 1 amide bonds. The molecule has 0 saturated carbocycles. The molecule has 2 N–H and O–H groups in total. The lowest BCUT2D eigenvalue weighted by Gasteiger charge is -2.50. The fourth-order valence-corrected chi connectivity index (χ4v) is 5.69. The van der Waals surface area contributed by atoms with Crippen molar-refractivity contribution in [2.45, 2.75) is 63.0 Å². The van der Waals surface area contributed by atoms with Crippen LogP contribution in [0.5, 0.6) is 5.88 Å². The van der Waals surface area contributed by atoms with Crippen molar-refractivity contribution < 1.29 is 24.1 Å². The van der Waals surface area contributed by atoms with Gasteiger partial charge in [0, 0.05) is 5.39 Å². The van der Waals surface area contributed by atoms with Crippen molar-refractivity contribution >= 4 is 34.3 Å². The summed E-state index contributed by atoms with van der Waals surface area (Å²) in [6, 6.07) is -1.17. The first kappa shape index (κ1) is 18.6. The average molecular weight is 423 g/mol. The summed E-state index contributed by atoms with van der Waals surface area (Å²) < 4.78 is 20.9. The number of anilines is 1. The van der Waals surface area contributed by atoms with E-state index in [4.69, 9.17) is 16.3 Å². The van der Waals surface area contributed by atoms with Gasteiger partial charge in [-0.05, 0) is 32.3 Å². The summed E-state index contributed by atoms with van der Waals surface area (Å²) in [5, 5.41) is 20.3. The first-order valence-electron chi connectivity index (χ1n) is 9.54. The standard InChI is InChI=1S/C19H20ClFN4O4/c1-7-10(6-26)23-17-14-13(7)9(21)5-22-18(14)29-8(2)15-11-3-4-12(16(20)25(15)17)24(11)19(27)28/h5,8,11-12,15-16,26H,3-4,6H2,1-2H3,(H,27,28). The molecular formula is C19H20ClFN4O4. The zero-order valence-electron chi connectivity index (χ0n) is 15.8. The van der Waals surface area contributed by atoms with E-state index in [1.165, 1.54) is 4.90 Å². The van der Waals surface area contributed by atoms with Gasteiger partial charge in [-0.3, -0.25) is 4.90 Å². The van der Waals surface area contributed by atoms with Crippen molar-refractivity contribution in [1.82, 2.24) is 14.9 Å². The highest BCUT2D eigenvalue weighted by Crippen LogP contribution is 2.48. The van der Waals surface area contributed by atoms with Gasteiger partial charge in [0.1, 0.15) is 23.2 Å². The Bertz CT molecular complexity index is 1040. The largest absolute Gasteiger partial charge is 0.472 e. The molecule has 0 radical (unpaired) electrons. The topological polar surface area (TPSA) is 99.0 Å². The third-order valence-electron chi connectivity index (χ3n) is 6.44. The molecule has 3 aliphatic rings. The van der Waals surface area contributed by atoms with Crippen molar-refractivity contribution in [1.29, 1.82) is 0 Å². The first-order chi connectivity index (χ1) is 13.8. The normalized spacial score (nSPS) is 30.2. The molecule has 0 aliphatic carbocycles. The lowest BCUT2D eigenvalue weighted by molar-refractivity contribution is 0.0656. The molecular weight excluding hydrogens is 403 g/mol. The van der Waals surface area contributed by atoms with Gasteiger partial charge in [0.15, 0.2) is 0 Å². The Kier molecular flexibility index (Phi) is 4.05. The van der Waals surface area contributed by atoms with Crippen molar-refractivity contribution in [3.8, 4) is 5.88 Å². The molecule has 2 saturated heterocycles. The molecule has 10 heteroatoms. The molecule has 2 aromatic rings. The van der Waals surface area contributed by atoms with Crippen LogP contribution in [0.25, 0.3) is 10.8 Å². The van der Waals surface area contributed by atoms with Crippen LogP contribution in [0.15, 0.2) is 6.20 Å². The van der Waals surface area contributed by atoms with E-state index in [-0.39, 0.29) is 23.9 Å². The van der Waals surface area contributed by atoms with Crippen LogP contribution < -0.4 is 9.64 Å². The first-order valence-corrected chi connectivity index (χ1v) is 9.97. The van der Waals surface area contributed by atoms with Gasteiger partial charge in [-0.1, -0.05) is 11.6 Å². The molecule has 2 aromatic heterocycles. The van der Waals surface area contributed by atoms with Crippen molar-refractivity contribution in [3.05, 3.63) is 23.3 Å². The second-order valence-electron chi connectivity index (χ2n) is 7.82. The molecule has 5 rings (SSSR count). The van der Waals surface area contributed by atoms with Gasteiger partial charge >= 0.3 is 6.09 Å². The van der Waals surface area contributed by atoms with E-state index in [9.17, 15) is 19.4 Å². The van der Waals surface area contributed by atoms with Crippen LogP contribution in [0.2, 0.25) is 0 Å². The lowest BCUT2D eigenvalue weighted by Crippen LogP contribution is -2.67. The number of amides is 1. The minimum Gasteiger partial charge on any atom is -0.472 e. The lowest BCUT2D eigenvalue weighted by atomic mass is 9.97. The molecule has 5 unspecified atom stereocenters. The van der Waals surface area contributed by atoms with Gasteiger partial charge in [0.2, 0.25) is 5.88 Å². The monoisotopic (exact) mass is 422 g/mol. The number of pyridine rings is 2. The highest BCUT2D eigenvalue weighted by molar-refractivity contribution is 6.23. The Morgan fingerprint density at radius 1 is 1.38 bits per heavy atom. The highest BCUT2D eigenvalue weighted by atomic mass is 35.5. The predicted octanol–water partition coefficient (Wildman–Crippen LogP) is 2.62. The summed E-state index contributed by atoms with van der Waals surface area (Å²) in [5.41, 5.74) is 0.147. The van der Waals surface area contributed by atoms with Gasteiger partial charge in [-0.2, -0.15) is 0 Å². The van der Waals surface area contributed by atoms with E-state index in [0.717, 1.165) is 6.20 Å². The summed E-state index contributed by atoms with van der Waals surface area (Å²) in [6.07, 6.45) is 0.894. The van der Waals surface area contributed by atoms with Crippen LogP contribution in [-0.4, -0.2) is 60.9 Å². The quantitative estimate of drug-likeness (QED) is 0.538. The maximum atomic E-state index is 14.8. The average Bonchev–Trinajstić information content (AvgIpc) is 3.01. The minimum absolute atomic E-state index is 0.236. The number of nitrogens with zero attached hydrogens (tertiary/aromatic N) is 4. The Balaban J connectivity index is 1.81. The van der Waals surface area contributed by atoms with E-state index in [1.54, 1.807) is 6.92 Å². The number of ether oxygens (including phenoxy) is 1. The van der Waals surface area contributed by atoms with E-state index < -0.39 is 35.6 Å². The zero-order valence-corrected chi connectivity index (χ0v) is 16.6. The summed E-state index contributed by atoms with van der Waals surface area (Å²) in [6.45, 7) is 3.17. The van der Waals surface area contributed by atoms with Crippen molar-refractivity contribution in [2.24, 2.45) is 0 Å². The number of aliphatic hydroxyl groups excluding tert-OH is 1. The zero-order chi connectivity index (χ0) is 20.6. The fraction of sp³-hybridized carbons (Fsp3) is 0.526. The molecule has 5 heterocycles. The molecule has 154 valence electrons. The maximum absolute atomic E-state index is 14.8. The van der Waals surface area contributed by atoms with Gasteiger partial charge in [0.05, 0.1) is 42.0 Å².